The zero-order valence-corrected chi connectivity index (χ0v) is 16.7. The molecule has 4 aromatic rings. The number of amides is 1. The summed E-state index contributed by atoms with van der Waals surface area (Å²) in [5.41, 5.74) is 1.43. The van der Waals surface area contributed by atoms with E-state index in [0.29, 0.717) is 16.9 Å². The van der Waals surface area contributed by atoms with Crippen LogP contribution in [0.5, 0.6) is 5.75 Å². The molecule has 0 saturated heterocycles. The van der Waals surface area contributed by atoms with Crippen LogP contribution in [0.15, 0.2) is 59.5 Å². The summed E-state index contributed by atoms with van der Waals surface area (Å²) in [5.74, 6) is -1.78. The third-order valence-corrected chi connectivity index (χ3v) is 4.76. The van der Waals surface area contributed by atoms with Gasteiger partial charge in [-0.3, -0.25) is 9.59 Å². The molecule has 0 unspecified atom stereocenters. The van der Waals surface area contributed by atoms with E-state index in [0.717, 1.165) is 5.56 Å². The highest BCUT2D eigenvalue weighted by Crippen LogP contribution is 2.27. The molecular weight excluding hydrogens is 400 g/mol. The lowest BCUT2D eigenvalue weighted by molar-refractivity contribution is 0.0600. The van der Waals surface area contributed by atoms with Gasteiger partial charge in [0.25, 0.3) is 11.5 Å². The first kappa shape index (κ1) is 19.9. The lowest BCUT2D eigenvalue weighted by Crippen LogP contribution is -2.23. The highest BCUT2D eigenvalue weighted by Gasteiger charge is 2.22. The summed E-state index contributed by atoms with van der Waals surface area (Å²) in [6.07, 6.45) is 1.38. The number of aromatic hydroxyl groups is 1. The third-order valence-electron chi connectivity index (χ3n) is 4.76. The second-order valence-corrected chi connectivity index (χ2v) is 6.86. The van der Waals surface area contributed by atoms with Gasteiger partial charge in [0, 0.05) is 5.69 Å². The van der Waals surface area contributed by atoms with Crippen molar-refractivity contribution in [3.8, 4) is 11.4 Å². The molecule has 9 heteroatoms. The Balaban J connectivity index is 1.69. The van der Waals surface area contributed by atoms with Crippen LogP contribution in [0, 0.1) is 6.92 Å². The molecule has 9 nitrogen and oxygen atoms in total. The number of carbonyl (C=O) groups is 2. The van der Waals surface area contributed by atoms with Gasteiger partial charge >= 0.3 is 5.97 Å². The molecule has 156 valence electrons. The first-order valence-corrected chi connectivity index (χ1v) is 9.29. The second kappa shape index (κ2) is 7.79. The zero-order chi connectivity index (χ0) is 22.1. The number of aromatic amines is 1. The van der Waals surface area contributed by atoms with Crippen LogP contribution in [0.2, 0.25) is 0 Å². The molecule has 0 aliphatic rings. The summed E-state index contributed by atoms with van der Waals surface area (Å²) in [5, 5.41) is 17.7. The van der Waals surface area contributed by atoms with Crippen LogP contribution >= 0.6 is 0 Å². The van der Waals surface area contributed by atoms with E-state index >= 15 is 0 Å². The maximum Gasteiger partial charge on any atom is 0.337 e. The molecule has 0 bridgehead atoms. The first-order valence-electron chi connectivity index (χ1n) is 9.29. The van der Waals surface area contributed by atoms with Crippen LogP contribution in [0.1, 0.15) is 26.3 Å². The predicted molar refractivity (Wildman–Crippen MR) is 114 cm³/mol. The van der Waals surface area contributed by atoms with Crippen LogP contribution in [0.3, 0.4) is 0 Å². The molecule has 0 saturated carbocycles. The van der Waals surface area contributed by atoms with Gasteiger partial charge in [0.15, 0.2) is 0 Å². The van der Waals surface area contributed by atoms with Gasteiger partial charge in [-0.1, -0.05) is 12.1 Å². The molecular formula is C22H18N4O5. The van der Waals surface area contributed by atoms with Crippen molar-refractivity contribution in [3.05, 3.63) is 81.8 Å². The number of rotatable bonds is 4. The summed E-state index contributed by atoms with van der Waals surface area (Å²) < 4.78 is 6.11. The number of nitrogens with zero attached hydrogens (tertiary/aromatic N) is 2. The van der Waals surface area contributed by atoms with Crippen molar-refractivity contribution in [2.45, 2.75) is 6.92 Å². The van der Waals surface area contributed by atoms with Crippen LogP contribution in [0.4, 0.5) is 5.69 Å². The fraction of sp³-hybridized carbons (Fsp3) is 0.0909. The standard InChI is InChI=1S/C22H18N4O5/c1-12-4-3-5-15(10-12)26-19-16(11-23-26)18(27)17(21(29)25-19)20(28)24-14-8-6-13(7-9-14)22(30)31-2/h3-11H,1-2H3,(H,24,28)(H2,25,27,29). The number of aryl methyl sites for hydroxylation is 1. The Morgan fingerprint density at radius 3 is 2.58 bits per heavy atom. The Bertz CT molecular complexity index is 1370. The largest absolute Gasteiger partial charge is 0.506 e. The van der Waals surface area contributed by atoms with Crippen molar-refractivity contribution in [2.24, 2.45) is 0 Å². The minimum absolute atomic E-state index is 0.229. The minimum Gasteiger partial charge on any atom is -0.506 e. The van der Waals surface area contributed by atoms with Gasteiger partial charge in [0.2, 0.25) is 0 Å². The van der Waals surface area contributed by atoms with E-state index in [9.17, 15) is 19.5 Å². The fourth-order valence-electron chi connectivity index (χ4n) is 3.22. The third kappa shape index (κ3) is 3.64. The number of ether oxygens (including phenoxy) is 1. The lowest BCUT2D eigenvalue weighted by Gasteiger charge is -2.09. The van der Waals surface area contributed by atoms with Crippen LogP contribution in [-0.4, -0.2) is 38.9 Å². The van der Waals surface area contributed by atoms with Gasteiger partial charge in [-0.05, 0) is 48.9 Å². The Morgan fingerprint density at radius 1 is 1.16 bits per heavy atom. The molecule has 2 aromatic carbocycles. The molecule has 0 aliphatic heterocycles. The Hall–Kier alpha value is -4.40. The number of pyridine rings is 1. The van der Waals surface area contributed by atoms with E-state index in [2.05, 4.69) is 20.1 Å². The van der Waals surface area contributed by atoms with Crippen LogP contribution < -0.4 is 10.9 Å². The van der Waals surface area contributed by atoms with Crippen LogP contribution in [-0.2, 0) is 4.74 Å². The van der Waals surface area contributed by atoms with Crippen molar-refractivity contribution in [1.29, 1.82) is 0 Å². The Kier molecular flexibility index (Phi) is 5.00. The number of esters is 1. The lowest BCUT2D eigenvalue weighted by atomic mass is 10.1. The van der Waals surface area contributed by atoms with Crippen molar-refractivity contribution >= 4 is 28.6 Å². The number of carbonyl (C=O) groups excluding carboxylic acids is 2. The normalized spacial score (nSPS) is 10.8. The average Bonchev–Trinajstić information content (AvgIpc) is 3.17. The molecule has 0 fully saturated rings. The molecule has 2 heterocycles. The highest BCUT2D eigenvalue weighted by atomic mass is 16.5. The van der Waals surface area contributed by atoms with E-state index < -0.39 is 28.7 Å². The maximum absolute atomic E-state index is 12.7. The monoisotopic (exact) mass is 418 g/mol. The predicted octanol–water partition coefficient (Wildman–Crippen LogP) is 2.77. The quantitative estimate of drug-likeness (QED) is 0.438. The van der Waals surface area contributed by atoms with Gasteiger partial charge < -0.3 is 20.1 Å². The number of H-pyrrole nitrogens is 1. The number of hydrogen-bond acceptors (Lipinski definition) is 6. The van der Waals surface area contributed by atoms with Crippen LogP contribution in [0.25, 0.3) is 16.7 Å². The number of methoxy groups -OCH3 is 1. The molecule has 0 radical (unpaired) electrons. The average molecular weight is 418 g/mol. The number of fused-ring (bicyclic) bond motifs is 1. The molecule has 0 spiro atoms. The number of nitrogens with one attached hydrogen (secondary N) is 2. The number of aromatic nitrogens is 3. The molecule has 4 rings (SSSR count). The number of anilines is 1. The van der Waals surface area contributed by atoms with E-state index in [1.165, 1.54) is 42.3 Å². The molecule has 0 aliphatic carbocycles. The summed E-state index contributed by atoms with van der Waals surface area (Å²) in [6.45, 7) is 1.93. The number of hydrogen-bond donors (Lipinski definition) is 3. The Labute approximate surface area is 175 Å². The van der Waals surface area contributed by atoms with E-state index in [4.69, 9.17) is 0 Å². The van der Waals surface area contributed by atoms with Crippen molar-refractivity contribution in [1.82, 2.24) is 14.8 Å². The molecule has 0 atom stereocenters. The molecule has 31 heavy (non-hydrogen) atoms. The molecule has 1 amide bonds. The van der Waals surface area contributed by atoms with Crippen molar-refractivity contribution < 1.29 is 19.4 Å². The van der Waals surface area contributed by atoms with Gasteiger partial charge in [0.05, 0.1) is 29.9 Å². The van der Waals surface area contributed by atoms with Gasteiger partial charge in [-0.15, -0.1) is 0 Å². The van der Waals surface area contributed by atoms with Gasteiger partial charge in [-0.2, -0.15) is 5.10 Å². The molecule has 2 aromatic heterocycles. The molecule has 3 N–H and O–H groups in total. The van der Waals surface area contributed by atoms with E-state index in [1.807, 2.05) is 31.2 Å². The zero-order valence-electron chi connectivity index (χ0n) is 16.7. The summed E-state index contributed by atoms with van der Waals surface area (Å²) in [4.78, 5) is 39.5. The summed E-state index contributed by atoms with van der Waals surface area (Å²) >= 11 is 0. The number of benzene rings is 2. The highest BCUT2D eigenvalue weighted by molar-refractivity contribution is 6.08. The SMILES string of the molecule is COC(=O)c1ccc(NC(=O)c2c(O)c3cnn(-c4cccc(C)c4)c3[nH]c2=O)cc1. The van der Waals surface area contributed by atoms with Crippen molar-refractivity contribution in [2.75, 3.05) is 12.4 Å². The fourth-order valence-corrected chi connectivity index (χ4v) is 3.22. The van der Waals surface area contributed by atoms with Gasteiger partial charge in [0.1, 0.15) is 17.0 Å². The first-order chi connectivity index (χ1) is 14.9. The second-order valence-electron chi connectivity index (χ2n) is 6.86. The topological polar surface area (TPSA) is 126 Å². The van der Waals surface area contributed by atoms with Gasteiger partial charge in [-0.25, -0.2) is 9.48 Å². The maximum atomic E-state index is 12.7. The van der Waals surface area contributed by atoms with E-state index in [-0.39, 0.29) is 11.0 Å². The minimum atomic E-state index is -0.797. The summed E-state index contributed by atoms with van der Waals surface area (Å²) in [6, 6.07) is 13.4. The smallest absolute Gasteiger partial charge is 0.337 e. The van der Waals surface area contributed by atoms with Crippen molar-refractivity contribution in [3.63, 3.8) is 0 Å². The summed E-state index contributed by atoms with van der Waals surface area (Å²) in [7, 11) is 1.27. The Morgan fingerprint density at radius 2 is 1.90 bits per heavy atom. The van der Waals surface area contributed by atoms with E-state index in [1.54, 1.807) is 0 Å².